The van der Waals surface area contributed by atoms with Crippen molar-refractivity contribution in [1.29, 1.82) is 0 Å². The standard InChI is InChI=1S/C10H11BrO2S.Na/c11-9-3-1-8-6-10(14(12)13)4-2-7(8)5-9;/h1,3,5,10H,2,4,6H2,(H,12,13);/q;+1/p-1. The van der Waals surface area contributed by atoms with Crippen LogP contribution in [0, 0.1) is 0 Å². The minimum atomic E-state index is -1.93. The average Bonchev–Trinajstić information content (AvgIpc) is 2.16. The molecule has 0 aromatic heterocycles. The first-order chi connectivity index (χ1) is 6.66. The molecular weight excluding hydrogens is 287 g/mol. The van der Waals surface area contributed by atoms with E-state index in [4.69, 9.17) is 0 Å². The van der Waals surface area contributed by atoms with Gasteiger partial charge in [-0.15, -0.1) is 0 Å². The molecule has 1 aromatic rings. The Bertz CT molecular complexity index is 384. The van der Waals surface area contributed by atoms with Gasteiger partial charge in [0.2, 0.25) is 0 Å². The van der Waals surface area contributed by atoms with Crippen LogP contribution in [0.4, 0.5) is 0 Å². The first-order valence-corrected chi connectivity index (χ1v) is 6.45. The predicted octanol–water partition coefficient (Wildman–Crippen LogP) is -0.810. The van der Waals surface area contributed by atoms with Gasteiger partial charge < -0.3 is 4.55 Å². The molecule has 0 fully saturated rings. The summed E-state index contributed by atoms with van der Waals surface area (Å²) in [4.78, 5) is 0. The third kappa shape index (κ3) is 3.38. The number of fused-ring (bicyclic) bond motifs is 1. The van der Waals surface area contributed by atoms with Crippen LogP contribution in [0.15, 0.2) is 22.7 Å². The van der Waals surface area contributed by atoms with Crippen molar-refractivity contribution in [3.05, 3.63) is 33.8 Å². The molecule has 0 N–H and O–H groups in total. The summed E-state index contributed by atoms with van der Waals surface area (Å²) in [7, 11) is 0. The van der Waals surface area contributed by atoms with Crippen molar-refractivity contribution in [2.75, 3.05) is 0 Å². The molecule has 0 saturated carbocycles. The van der Waals surface area contributed by atoms with Crippen LogP contribution in [0.5, 0.6) is 0 Å². The Morgan fingerprint density at radius 3 is 2.80 bits per heavy atom. The van der Waals surface area contributed by atoms with Crippen LogP contribution in [-0.4, -0.2) is 14.0 Å². The van der Waals surface area contributed by atoms with Crippen LogP contribution in [-0.2, 0) is 23.9 Å². The molecule has 0 saturated heterocycles. The minimum absolute atomic E-state index is 0. The molecule has 5 heteroatoms. The second-order valence-electron chi connectivity index (χ2n) is 3.54. The van der Waals surface area contributed by atoms with Crippen LogP contribution >= 0.6 is 15.9 Å². The first-order valence-electron chi connectivity index (χ1n) is 4.52. The predicted molar refractivity (Wildman–Crippen MR) is 58.9 cm³/mol. The van der Waals surface area contributed by atoms with Crippen LogP contribution in [0.25, 0.3) is 0 Å². The second-order valence-corrected chi connectivity index (χ2v) is 5.64. The van der Waals surface area contributed by atoms with E-state index in [0.717, 1.165) is 17.3 Å². The molecule has 76 valence electrons. The molecular formula is C10H10BrNaO2S. The van der Waals surface area contributed by atoms with E-state index in [0.29, 0.717) is 6.42 Å². The Balaban J connectivity index is 0.00000112. The minimum Gasteiger partial charge on any atom is -0.772 e. The SMILES string of the molecule is O=S([O-])C1CCc2cc(Br)ccc2C1.[Na+]. The van der Waals surface area contributed by atoms with Crippen molar-refractivity contribution in [1.82, 2.24) is 0 Å². The fourth-order valence-electron chi connectivity index (χ4n) is 1.85. The Morgan fingerprint density at radius 1 is 1.40 bits per heavy atom. The van der Waals surface area contributed by atoms with Gasteiger partial charge in [-0.2, -0.15) is 0 Å². The molecule has 2 unspecified atom stereocenters. The Hall–Kier alpha value is 0.810. The molecule has 2 nitrogen and oxygen atoms in total. The zero-order chi connectivity index (χ0) is 10.1. The van der Waals surface area contributed by atoms with Crippen molar-refractivity contribution in [2.24, 2.45) is 0 Å². The molecule has 2 rings (SSSR count). The van der Waals surface area contributed by atoms with Crippen molar-refractivity contribution in [3.63, 3.8) is 0 Å². The van der Waals surface area contributed by atoms with E-state index in [9.17, 15) is 8.76 Å². The first kappa shape index (κ1) is 13.9. The molecule has 15 heavy (non-hydrogen) atoms. The monoisotopic (exact) mass is 296 g/mol. The normalized spacial score (nSPS) is 21.3. The summed E-state index contributed by atoms with van der Waals surface area (Å²) in [6.07, 6.45) is 2.28. The number of hydrogen-bond acceptors (Lipinski definition) is 2. The maximum absolute atomic E-state index is 10.8. The third-order valence-corrected chi connectivity index (χ3v) is 4.06. The van der Waals surface area contributed by atoms with Gasteiger partial charge in [0, 0.05) is 9.72 Å². The van der Waals surface area contributed by atoms with Crippen LogP contribution in [0.2, 0.25) is 0 Å². The van der Waals surface area contributed by atoms with Crippen molar-refractivity contribution < 1.29 is 38.3 Å². The van der Waals surface area contributed by atoms with E-state index in [-0.39, 0.29) is 34.8 Å². The Labute approximate surface area is 123 Å². The van der Waals surface area contributed by atoms with Gasteiger partial charge in [-0.05, 0) is 42.5 Å². The van der Waals surface area contributed by atoms with Gasteiger partial charge in [0.25, 0.3) is 0 Å². The van der Waals surface area contributed by atoms with E-state index in [1.807, 2.05) is 12.1 Å². The van der Waals surface area contributed by atoms with E-state index >= 15 is 0 Å². The summed E-state index contributed by atoms with van der Waals surface area (Å²) in [6, 6.07) is 6.06. The molecule has 2 atom stereocenters. The number of benzene rings is 1. The third-order valence-electron chi connectivity index (χ3n) is 2.62. The average molecular weight is 297 g/mol. The number of halogens is 1. The summed E-state index contributed by atoms with van der Waals surface area (Å²) in [6.45, 7) is 0. The van der Waals surface area contributed by atoms with Gasteiger partial charge >= 0.3 is 29.6 Å². The largest absolute Gasteiger partial charge is 1.00 e. The fraction of sp³-hybridized carbons (Fsp3) is 0.400. The second kappa shape index (κ2) is 5.94. The molecule has 0 aliphatic heterocycles. The molecule has 1 aromatic carbocycles. The summed E-state index contributed by atoms with van der Waals surface area (Å²) >= 11 is 1.49. The van der Waals surface area contributed by atoms with Gasteiger partial charge in [-0.25, -0.2) is 0 Å². The molecule has 1 aliphatic rings. The Morgan fingerprint density at radius 2 is 2.13 bits per heavy atom. The summed E-state index contributed by atoms with van der Waals surface area (Å²) in [5, 5.41) is -0.191. The van der Waals surface area contributed by atoms with Crippen LogP contribution in [0.1, 0.15) is 17.5 Å². The van der Waals surface area contributed by atoms with Gasteiger partial charge in [-0.1, -0.05) is 33.1 Å². The molecule has 0 amide bonds. The maximum atomic E-state index is 10.8. The molecule has 0 radical (unpaired) electrons. The maximum Gasteiger partial charge on any atom is 1.00 e. The van der Waals surface area contributed by atoms with Gasteiger partial charge in [-0.3, -0.25) is 4.21 Å². The van der Waals surface area contributed by atoms with Crippen molar-refractivity contribution >= 4 is 27.0 Å². The topological polar surface area (TPSA) is 40.1 Å². The molecule has 1 aliphatic carbocycles. The van der Waals surface area contributed by atoms with E-state index in [1.54, 1.807) is 0 Å². The van der Waals surface area contributed by atoms with Crippen molar-refractivity contribution in [2.45, 2.75) is 24.5 Å². The van der Waals surface area contributed by atoms with Crippen LogP contribution in [0.3, 0.4) is 0 Å². The van der Waals surface area contributed by atoms with Crippen LogP contribution < -0.4 is 29.6 Å². The smallest absolute Gasteiger partial charge is 0.772 e. The summed E-state index contributed by atoms with van der Waals surface area (Å²) < 4.78 is 22.7. The molecule has 0 spiro atoms. The van der Waals surface area contributed by atoms with Gasteiger partial charge in [0.1, 0.15) is 0 Å². The van der Waals surface area contributed by atoms with Gasteiger partial charge in [0.15, 0.2) is 0 Å². The molecule has 0 heterocycles. The quantitative estimate of drug-likeness (QED) is 0.502. The van der Waals surface area contributed by atoms with E-state index in [1.165, 1.54) is 11.1 Å². The van der Waals surface area contributed by atoms with E-state index in [2.05, 4.69) is 22.0 Å². The number of hydrogen-bond donors (Lipinski definition) is 0. The molecule has 0 bridgehead atoms. The zero-order valence-electron chi connectivity index (χ0n) is 8.53. The zero-order valence-corrected chi connectivity index (χ0v) is 12.9. The summed E-state index contributed by atoms with van der Waals surface area (Å²) in [5.74, 6) is 0. The van der Waals surface area contributed by atoms with Crippen molar-refractivity contribution in [3.8, 4) is 0 Å². The Kier molecular flexibility index (Phi) is 5.49. The summed E-state index contributed by atoms with van der Waals surface area (Å²) in [5.41, 5.74) is 2.45. The van der Waals surface area contributed by atoms with E-state index < -0.39 is 11.1 Å². The fourth-order valence-corrected chi connectivity index (χ4v) is 2.89. The van der Waals surface area contributed by atoms with Gasteiger partial charge in [0.05, 0.1) is 0 Å². The number of aryl methyl sites for hydroxylation is 1. The number of rotatable bonds is 1.